The fraction of sp³-hybridized carbons (Fsp3) is 0.250. The number of carbonyl (C=O) groups is 1. The van der Waals surface area contributed by atoms with Crippen molar-refractivity contribution in [3.05, 3.63) is 52.4 Å². The van der Waals surface area contributed by atoms with Crippen LogP contribution >= 0.6 is 11.6 Å². The minimum Gasteiger partial charge on any atom is -0.468 e. The monoisotopic (exact) mass is 341 g/mol. The largest absolute Gasteiger partial charge is 0.468 e. The molecular weight excluding hydrogens is 331 g/mol. The van der Waals surface area contributed by atoms with Gasteiger partial charge in [-0.15, -0.1) is 0 Å². The number of ether oxygens (including phenoxy) is 1. The Morgan fingerprint density at radius 3 is 2.57 bits per heavy atom. The van der Waals surface area contributed by atoms with Gasteiger partial charge in [0.2, 0.25) is 0 Å². The molecule has 0 atom stereocenters. The van der Waals surface area contributed by atoms with E-state index in [0.29, 0.717) is 18.9 Å². The van der Waals surface area contributed by atoms with Gasteiger partial charge in [-0.25, -0.2) is 13.2 Å². The lowest BCUT2D eigenvalue weighted by molar-refractivity contribution is -0.143. The Hall–Kier alpha value is -2.08. The fourth-order valence-corrected chi connectivity index (χ4v) is 2.77. The average Bonchev–Trinajstić information content (AvgIpc) is 3.32. The minimum absolute atomic E-state index is 0.0918. The van der Waals surface area contributed by atoms with Gasteiger partial charge in [-0.1, -0.05) is 11.6 Å². The lowest BCUT2D eigenvalue weighted by Gasteiger charge is -2.15. The van der Waals surface area contributed by atoms with E-state index < -0.39 is 28.8 Å². The molecule has 0 amide bonds. The molecule has 0 radical (unpaired) electrons. The molecule has 2 aromatic rings. The van der Waals surface area contributed by atoms with Crippen LogP contribution in [-0.2, 0) is 14.9 Å². The Morgan fingerprint density at radius 1 is 1.26 bits per heavy atom. The Balaban J connectivity index is 2.15. The molecule has 0 unspecified atom stereocenters. The number of rotatable bonds is 3. The van der Waals surface area contributed by atoms with Gasteiger partial charge in [0.15, 0.2) is 5.82 Å². The van der Waals surface area contributed by atoms with Crippen LogP contribution in [0.25, 0.3) is 11.3 Å². The predicted molar refractivity (Wildman–Crippen MR) is 77.5 cm³/mol. The maximum atomic E-state index is 14.8. The first-order valence-electron chi connectivity index (χ1n) is 6.79. The van der Waals surface area contributed by atoms with Crippen molar-refractivity contribution >= 4 is 17.6 Å². The van der Waals surface area contributed by atoms with Gasteiger partial charge >= 0.3 is 5.97 Å². The second kappa shape index (κ2) is 5.53. The number of hydrogen-bond acceptors (Lipinski definition) is 3. The summed E-state index contributed by atoms with van der Waals surface area (Å²) in [5.41, 5.74) is -1.56. The van der Waals surface area contributed by atoms with Gasteiger partial charge in [-0.05, 0) is 25.0 Å². The van der Waals surface area contributed by atoms with Crippen LogP contribution in [0, 0.1) is 17.5 Å². The second-order valence-electron chi connectivity index (χ2n) is 5.34. The third-order valence-electron chi connectivity index (χ3n) is 4.00. The lowest BCUT2D eigenvalue weighted by atomic mass is 9.94. The first-order valence-corrected chi connectivity index (χ1v) is 7.17. The second-order valence-corrected chi connectivity index (χ2v) is 5.75. The van der Waals surface area contributed by atoms with E-state index in [-0.39, 0.29) is 21.8 Å². The average molecular weight is 342 g/mol. The van der Waals surface area contributed by atoms with E-state index in [1.165, 1.54) is 19.4 Å². The normalized spacial score (nSPS) is 15.3. The van der Waals surface area contributed by atoms with E-state index >= 15 is 0 Å². The molecule has 1 saturated carbocycles. The van der Waals surface area contributed by atoms with E-state index in [1.54, 1.807) is 0 Å². The van der Waals surface area contributed by atoms with Crippen LogP contribution in [0.4, 0.5) is 13.2 Å². The van der Waals surface area contributed by atoms with E-state index in [2.05, 4.69) is 4.98 Å². The van der Waals surface area contributed by atoms with Gasteiger partial charge in [-0.3, -0.25) is 9.78 Å². The molecule has 23 heavy (non-hydrogen) atoms. The van der Waals surface area contributed by atoms with E-state index in [4.69, 9.17) is 16.3 Å². The summed E-state index contributed by atoms with van der Waals surface area (Å²) < 4.78 is 46.8. The number of aromatic nitrogens is 1. The molecule has 1 fully saturated rings. The van der Waals surface area contributed by atoms with Crippen LogP contribution in [0.3, 0.4) is 0 Å². The SMILES string of the molecule is COC(=O)C1(c2ccnc(-c3cc(Cl)c(F)cc3F)c2F)CC1. The fourth-order valence-electron chi connectivity index (χ4n) is 2.61. The zero-order chi connectivity index (χ0) is 16.8. The molecule has 1 aromatic carbocycles. The maximum Gasteiger partial charge on any atom is 0.316 e. The van der Waals surface area contributed by atoms with E-state index in [1.807, 2.05) is 0 Å². The highest BCUT2D eigenvalue weighted by Crippen LogP contribution is 2.50. The van der Waals surface area contributed by atoms with Crippen molar-refractivity contribution in [2.75, 3.05) is 7.11 Å². The summed E-state index contributed by atoms with van der Waals surface area (Å²) in [6.07, 6.45) is 2.15. The molecule has 120 valence electrons. The van der Waals surface area contributed by atoms with Gasteiger partial charge in [0.05, 0.1) is 17.5 Å². The first kappa shape index (κ1) is 15.8. The smallest absolute Gasteiger partial charge is 0.316 e. The molecular formula is C16H11ClF3NO2. The van der Waals surface area contributed by atoms with Crippen molar-refractivity contribution in [1.29, 1.82) is 0 Å². The summed E-state index contributed by atoms with van der Waals surface area (Å²) in [5, 5.41) is -0.345. The van der Waals surface area contributed by atoms with Gasteiger partial charge < -0.3 is 4.74 Å². The standard InChI is InChI=1S/C16H11ClF3NO2/c1-23-15(22)16(3-4-16)9-2-5-21-14(13(9)20)8-6-10(17)12(19)7-11(8)18/h2,5-7H,3-4H2,1H3. The number of esters is 1. The highest BCUT2D eigenvalue weighted by atomic mass is 35.5. The van der Waals surface area contributed by atoms with Gasteiger partial charge in [0, 0.05) is 23.4 Å². The van der Waals surface area contributed by atoms with Crippen molar-refractivity contribution in [2.45, 2.75) is 18.3 Å². The van der Waals surface area contributed by atoms with Gasteiger partial charge in [0.25, 0.3) is 0 Å². The number of carbonyl (C=O) groups excluding carboxylic acids is 1. The Bertz CT molecular complexity index is 806. The summed E-state index contributed by atoms with van der Waals surface area (Å²) in [6.45, 7) is 0. The summed E-state index contributed by atoms with van der Waals surface area (Å²) in [7, 11) is 1.22. The molecule has 0 N–H and O–H groups in total. The van der Waals surface area contributed by atoms with Gasteiger partial charge in [0.1, 0.15) is 17.3 Å². The molecule has 1 aromatic heterocycles. The molecule has 1 aliphatic carbocycles. The Labute approximate surface area is 135 Å². The summed E-state index contributed by atoms with van der Waals surface area (Å²) in [4.78, 5) is 15.7. The Kier molecular flexibility index (Phi) is 3.80. The van der Waals surface area contributed by atoms with Crippen molar-refractivity contribution < 1.29 is 22.7 Å². The van der Waals surface area contributed by atoms with Crippen LogP contribution in [0.1, 0.15) is 18.4 Å². The van der Waals surface area contributed by atoms with Crippen LogP contribution in [-0.4, -0.2) is 18.1 Å². The van der Waals surface area contributed by atoms with E-state index in [0.717, 1.165) is 6.07 Å². The third-order valence-corrected chi connectivity index (χ3v) is 4.29. The number of methoxy groups -OCH3 is 1. The molecule has 0 saturated heterocycles. The van der Waals surface area contributed by atoms with Crippen molar-refractivity contribution in [3.63, 3.8) is 0 Å². The molecule has 0 bridgehead atoms. The maximum absolute atomic E-state index is 14.8. The molecule has 1 aliphatic rings. The summed E-state index contributed by atoms with van der Waals surface area (Å²) >= 11 is 5.64. The number of halogens is 4. The molecule has 7 heteroatoms. The lowest BCUT2D eigenvalue weighted by Crippen LogP contribution is -2.23. The predicted octanol–water partition coefficient (Wildman–Crippen LogP) is 4.02. The quantitative estimate of drug-likeness (QED) is 0.625. The van der Waals surface area contributed by atoms with Crippen molar-refractivity contribution in [1.82, 2.24) is 4.98 Å². The van der Waals surface area contributed by atoms with Crippen LogP contribution in [0.5, 0.6) is 0 Å². The molecule has 1 heterocycles. The highest BCUT2D eigenvalue weighted by Gasteiger charge is 2.54. The molecule has 0 spiro atoms. The van der Waals surface area contributed by atoms with Crippen LogP contribution in [0.15, 0.2) is 24.4 Å². The Morgan fingerprint density at radius 2 is 1.96 bits per heavy atom. The van der Waals surface area contributed by atoms with Crippen LogP contribution < -0.4 is 0 Å². The zero-order valence-corrected chi connectivity index (χ0v) is 12.8. The number of benzene rings is 1. The molecule has 3 rings (SSSR count). The molecule has 3 nitrogen and oxygen atoms in total. The zero-order valence-electron chi connectivity index (χ0n) is 12.0. The molecule has 0 aliphatic heterocycles. The van der Waals surface area contributed by atoms with Crippen LogP contribution in [0.2, 0.25) is 5.02 Å². The van der Waals surface area contributed by atoms with Crippen molar-refractivity contribution in [2.24, 2.45) is 0 Å². The van der Waals surface area contributed by atoms with Crippen molar-refractivity contribution in [3.8, 4) is 11.3 Å². The number of nitrogens with zero attached hydrogens (tertiary/aromatic N) is 1. The van der Waals surface area contributed by atoms with E-state index in [9.17, 15) is 18.0 Å². The van der Waals surface area contributed by atoms with Gasteiger partial charge in [-0.2, -0.15) is 0 Å². The number of pyridine rings is 1. The highest BCUT2D eigenvalue weighted by molar-refractivity contribution is 6.31. The third kappa shape index (κ3) is 2.47. The summed E-state index contributed by atoms with van der Waals surface area (Å²) in [5.74, 6) is -3.32. The number of hydrogen-bond donors (Lipinski definition) is 0. The minimum atomic E-state index is -1.06. The summed E-state index contributed by atoms with van der Waals surface area (Å²) in [6, 6.07) is 2.91. The first-order chi connectivity index (χ1) is 10.9. The topological polar surface area (TPSA) is 39.2 Å².